The number of benzene rings is 1. The fourth-order valence-corrected chi connectivity index (χ4v) is 6.37. The molecule has 2 fully saturated rings. The number of rotatable bonds is 2. The Morgan fingerprint density at radius 1 is 1.28 bits per heavy atom. The van der Waals surface area contributed by atoms with Gasteiger partial charge in [-0.15, -0.1) is 0 Å². The number of aryl methyl sites for hydroxylation is 1. The topological polar surface area (TPSA) is 74.8 Å². The minimum absolute atomic E-state index is 0.00936. The summed E-state index contributed by atoms with van der Waals surface area (Å²) >= 11 is 6.15. The van der Waals surface area contributed by atoms with Crippen molar-refractivity contribution in [3.05, 3.63) is 34.3 Å². The van der Waals surface area contributed by atoms with Gasteiger partial charge in [0, 0.05) is 27.2 Å². The minimum atomic E-state index is -3.42. The molecule has 6 nitrogen and oxygen atoms in total. The monoisotopic (exact) mass is 384 g/mol. The van der Waals surface area contributed by atoms with Crippen molar-refractivity contribution >= 4 is 33.3 Å². The Bertz CT molecular complexity index is 844. The van der Waals surface area contributed by atoms with Gasteiger partial charge in [-0.3, -0.25) is 9.59 Å². The number of nitrogens with zero attached hydrogens (tertiary/aromatic N) is 2. The molecule has 1 atom stereocenters. The molecule has 1 unspecified atom stereocenters. The predicted molar refractivity (Wildman–Crippen MR) is 95.4 cm³/mol. The van der Waals surface area contributed by atoms with Crippen LogP contribution in [-0.4, -0.2) is 67.7 Å². The van der Waals surface area contributed by atoms with Gasteiger partial charge in [0.05, 0.1) is 22.3 Å². The number of likely N-dealkylation sites (tertiary alicyclic amines) is 1. The maximum atomic E-state index is 12.7. The van der Waals surface area contributed by atoms with Gasteiger partial charge < -0.3 is 9.80 Å². The van der Waals surface area contributed by atoms with Gasteiger partial charge in [-0.1, -0.05) is 17.7 Å². The number of halogens is 1. The first-order chi connectivity index (χ1) is 11.6. The zero-order valence-electron chi connectivity index (χ0n) is 14.5. The van der Waals surface area contributed by atoms with Gasteiger partial charge in [-0.05, 0) is 31.0 Å². The Balaban J connectivity index is 1.85. The zero-order chi connectivity index (χ0) is 18.6. The molecule has 0 bridgehead atoms. The van der Waals surface area contributed by atoms with E-state index in [4.69, 9.17) is 11.6 Å². The molecular weight excluding hydrogens is 364 g/mol. The summed E-state index contributed by atoms with van der Waals surface area (Å²) in [6.07, 6.45) is 0.312. The van der Waals surface area contributed by atoms with Gasteiger partial charge in [0.2, 0.25) is 5.91 Å². The molecule has 2 aliphatic rings. The molecule has 2 heterocycles. The Hall–Kier alpha value is -1.60. The molecule has 0 N–H and O–H groups in total. The average Bonchev–Trinajstić information content (AvgIpc) is 2.75. The quantitative estimate of drug-likeness (QED) is 0.771. The molecule has 0 radical (unpaired) electrons. The second kappa shape index (κ2) is 5.99. The smallest absolute Gasteiger partial charge is 0.255 e. The summed E-state index contributed by atoms with van der Waals surface area (Å²) < 4.78 is 24.0. The maximum absolute atomic E-state index is 12.7. The molecular formula is C17H21ClN2O4S. The first-order valence-electron chi connectivity index (χ1n) is 8.08. The molecule has 2 aliphatic heterocycles. The molecule has 2 amide bonds. The second-order valence-electron chi connectivity index (χ2n) is 7.10. The summed E-state index contributed by atoms with van der Waals surface area (Å²) in [5.41, 5.74) is 1.30. The van der Waals surface area contributed by atoms with Crippen LogP contribution >= 0.6 is 11.6 Å². The van der Waals surface area contributed by atoms with Crippen LogP contribution in [0.5, 0.6) is 0 Å². The van der Waals surface area contributed by atoms with Gasteiger partial charge in [0.25, 0.3) is 5.91 Å². The molecule has 1 aromatic rings. The normalized spacial score (nSPS) is 23.4. The van der Waals surface area contributed by atoms with Crippen LogP contribution in [0.3, 0.4) is 0 Å². The number of carbonyl (C=O) groups excluding carboxylic acids is 2. The highest BCUT2D eigenvalue weighted by Crippen LogP contribution is 2.46. The Morgan fingerprint density at radius 2 is 1.92 bits per heavy atom. The Labute approximate surface area is 152 Å². The highest BCUT2D eigenvalue weighted by molar-refractivity contribution is 7.93. The lowest BCUT2D eigenvalue weighted by atomic mass is 9.82. The lowest BCUT2D eigenvalue weighted by molar-refractivity contribution is -0.135. The van der Waals surface area contributed by atoms with Crippen molar-refractivity contribution in [2.75, 3.05) is 32.9 Å². The summed E-state index contributed by atoms with van der Waals surface area (Å²) in [4.78, 5) is 28.0. The van der Waals surface area contributed by atoms with Crippen molar-refractivity contribution in [1.82, 2.24) is 9.80 Å². The molecule has 136 valence electrons. The largest absolute Gasteiger partial charge is 0.349 e. The predicted octanol–water partition coefficient (Wildman–Crippen LogP) is 1.37. The van der Waals surface area contributed by atoms with E-state index in [0.29, 0.717) is 17.0 Å². The third-order valence-corrected chi connectivity index (χ3v) is 8.10. The van der Waals surface area contributed by atoms with E-state index >= 15 is 0 Å². The molecule has 25 heavy (non-hydrogen) atoms. The van der Waals surface area contributed by atoms with Crippen LogP contribution in [0.2, 0.25) is 5.02 Å². The van der Waals surface area contributed by atoms with Crippen molar-refractivity contribution in [3.63, 3.8) is 0 Å². The van der Waals surface area contributed by atoms with Gasteiger partial charge in [-0.2, -0.15) is 0 Å². The average molecular weight is 385 g/mol. The van der Waals surface area contributed by atoms with E-state index in [-0.39, 0.29) is 30.7 Å². The SMILES string of the molecule is Cc1ccc(C(=O)N2CC3(C2)C(C(=O)N(C)C)CCS3(=O)=O)c(Cl)c1. The molecule has 8 heteroatoms. The van der Waals surface area contributed by atoms with Crippen LogP contribution in [0.15, 0.2) is 18.2 Å². The lowest BCUT2D eigenvalue weighted by Crippen LogP contribution is -2.69. The van der Waals surface area contributed by atoms with E-state index in [1.807, 2.05) is 6.92 Å². The van der Waals surface area contributed by atoms with E-state index in [1.165, 1.54) is 9.80 Å². The molecule has 3 rings (SSSR count). The van der Waals surface area contributed by atoms with Crippen molar-refractivity contribution in [1.29, 1.82) is 0 Å². The summed E-state index contributed by atoms with van der Waals surface area (Å²) in [7, 11) is -0.178. The molecule has 0 aromatic heterocycles. The third-order valence-electron chi connectivity index (χ3n) is 5.23. The minimum Gasteiger partial charge on any atom is -0.349 e. The molecule has 0 saturated carbocycles. The molecule has 1 aromatic carbocycles. The van der Waals surface area contributed by atoms with Gasteiger partial charge in [0.15, 0.2) is 9.84 Å². The lowest BCUT2D eigenvalue weighted by Gasteiger charge is -2.49. The standard InChI is InChI=1S/C17H21ClN2O4S/c1-11-4-5-12(14(18)8-11)15(21)20-9-17(10-20)13(16(22)19(2)3)6-7-25(17,23)24/h4-5,8,13H,6-7,9-10H2,1-3H3. The van der Waals surface area contributed by atoms with Crippen LogP contribution in [-0.2, 0) is 14.6 Å². The van der Waals surface area contributed by atoms with Crippen molar-refractivity contribution in [2.24, 2.45) is 5.92 Å². The summed E-state index contributed by atoms with van der Waals surface area (Å²) in [6.45, 7) is 1.96. The molecule has 2 saturated heterocycles. The van der Waals surface area contributed by atoms with Crippen LogP contribution in [0.25, 0.3) is 0 Å². The number of hydrogen-bond acceptors (Lipinski definition) is 4. The summed E-state index contributed by atoms with van der Waals surface area (Å²) in [6, 6.07) is 5.14. The van der Waals surface area contributed by atoms with Crippen molar-refractivity contribution < 1.29 is 18.0 Å². The van der Waals surface area contributed by atoms with Crippen LogP contribution in [0.4, 0.5) is 0 Å². The Morgan fingerprint density at radius 3 is 2.48 bits per heavy atom. The van der Waals surface area contributed by atoms with Gasteiger partial charge >= 0.3 is 0 Å². The van der Waals surface area contributed by atoms with Gasteiger partial charge in [0.1, 0.15) is 4.75 Å². The van der Waals surface area contributed by atoms with E-state index in [0.717, 1.165) is 5.56 Å². The Kier molecular flexibility index (Phi) is 4.36. The first-order valence-corrected chi connectivity index (χ1v) is 10.1. The first kappa shape index (κ1) is 18.2. The summed E-state index contributed by atoms with van der Waals surface area (Å²) in [5, 5.41) is 0.348. The van der Waals surface area contributed by atoms with Crippen LogP contribution in [0, 0.1) is 12.8 Å². The highest BCUT2D eigenvalue weighted by Gasteiger charge is 2.65. The van der Waals surface area contributed by atoms with Crippen LogP contribution < -0.4 is 0 Å². The van der Waals surface area contributed by atoms with Crippen LogP contribution in [0.1, 0.15) is 22.3 Å². The third kappa shape index (κ3) is 2.73. The number of hydrogen-bond donors (Lipinski definition) is 0. The van der Waals surface area contributed by atoms with E-state index in [2.05, 4.69) is 0 Å². The molecule has 1 spiro atoms. The highest BCUT2D eigenvalue weighted by atomic mass is 35.5. The maximum Gasteiger partial charge on any atom is 0.255 e. The summed E-state index contributed by atoms with van der Waals surface area (Å²) in [5.74, 6) is -1.09. The fraction of sp³-hybridized carbons (Fsp3) is 0.529. The number of amides is 2. The van der Waals surface area contributed by atoms with Gasteiger partial charge in [-0.25, -0.2) is 8.42 Å². The fourth-order valence-electron chi connectivity index (χ4n) is 3.74. The van der Waals surface area contributed by atoms with Crippen molar-refractivity contribution in [2.45, 2.75) is 18.1 Å². The zero-order valence-corrected chi connectivity index (χ0v) is 16.0. The second-order valence-corrected chi connectivity index (χ2v) is 9.96. The van der Waals surface area contributed by atoms with E-state index < -0.39 is 20.5 Å². The molecule has 0 aliphatic carbocycles. The van der Waals surface area contributed by atoms with Crippen molar-refractivity contribution in [3.8, 4) is 0 Å². The number of carbonyl (C=O) groups is 2. The number of sulfone groups is 1. The van der Waals surface area contributed by atoms with E-state index in [1.54, 1.807) is 32.3 Å². The van der Waals surface area contributed by atoms with E-state index in [9.17, 15) is 18.0 Å².